The topological polar surface area (TPSA) is 90.7 Å². The van der Waals surface area contributed by atoms with Crippen LogP contribution in [0.4, 0.5) is 5.69 Å². The Kier molecular flexibility index (Phi) is 2.37. The van der Waals surface area contributed by atoms with Crippen LogP contribution in [0.1, 0.15) is 0 Å². The van der Waals surface area contributed by atoms with Crippen LogP contribution < -0.4 is 5.73 Å². The fourth-order valence-electron chi connectivity index (χ4n) is 1.38. The lowest BCUT2D eigenvalue weighted by Crippen LogP contribution is -1.89. The summed E-state index contributed by atoms with van der Waals surface area (Å²) in [7, 11) is 0. The van der Waals surface area contributed by atoms with Crippen molar-refractivity contribution in [2.24, 2.45) is 0 Å². The number of anilines is 1. The average molecular weight is 245 g/mol. The van der Waals surface area contributed by atoms with Crippen molar-refractivity contribution in [3.8, 4) is 0 Å². The quantitative estimate of drug-likeness (QED) is 0.543. The monoisotopic (exact) mass is 245 g/mol. The molecule has 3 aromatic rings. The van der Waals surface area contributed by atoms with E-state index >= 15 is 0 Å². The lowest BCUT2D eigenvalue weighted by molar-refractivity contribution is 0.315. The number of aromatic nitrogens is 4. The maximum atomic E-state index is 5.76. The first-order chi connectivity index (χ1) is 8.34. The number of nitrogens with zero attached hydrogens (tertiary/aromatic N) is 4. The summed E-state index contributed by atoms with van der Waals surface area (Å²) in [6.07, 6.45) is 3.37. The normalized spacial score (nSPS) is 10.8. The highest BCUT2D eigenvalue weighted by Gasteiger charge is 2.11. The molecule has 0 aliphatic rings. The number of hydrogen-bond donors (Lipinski definition) is 1. The SMILES string of the molecule is Nc1ccc(Sc2ncccn2)c2nonc12. The van der Waals surface area contributed by atoms with Gasteiger partial charge in [0.05, 0.1) is 5.69 Å². The standard InChI is InChI=1S/C10H7N5OS/c11-6-2-3-7(9-8(6)14-16-15-9)17-10-12-4-1-5-13-10/h1-5H,11H2. The number of rotatable bonds is 2. The molecule has 0 saturated carbocycles. The molecule has 3 rings (SSSR count). The Balaban J connectivity index is 2.07. The predicted molar refractivity (Wildman–Crippen MR) is 62.4 cm³/mol. The molecule has 0 fully saturated rings. The highest BCUT2D eigenvalue weighted by molar-refractivity contribution is 7.99. The Morgan fingerprint density at radius 2 is 1.82 bits per heavy atom. The van der Waals surface area contributed by atoms with E-state index < -0.39 is 0 Å². The lowest BCUT2D eigenvalue weighted by Gasteiger charge is -2.00. The first-order valence-corrected chi connectivity index (χ1v) is 5.62. The van der Waals surface area contributed by atoms with Gasteiger partial charge < -0.3 is 5.73 Å². The van der Waals surface area contributed by atoms with Gasteiger partial charge in [-0.1, -0.05) is 0 Å². The third-order valence-corrected chi connectivity index (χ3v) is 3.10. The molecule has 0 spiro atoms. The summed E-state index contributed by atoms with van der Waals surface area (Å²) < 4.78 is 4.69. The lowest BCUT2D eigenvalue weighted by atomic mass is 10.3. The Labute approximate surface area is 100 Å². The summed E-state index contributed by atoms with van der Waals surface area (Å²) in [6, 6.07) is 5.38. The van der Waals surface area contributed by atoms with Crippen molar-refractivity contribution in [1.29, 1.82) is 0 Å². The Hall–Kier alpha value is -2.15. The zero-order chi connectivity index (χ0) is 11.7. The third kappa shape index (κ3) is 1.80. The molecule has 7 heteroatoms. The minimum Gasteiger partial charge on any atom is -0.397 e. The zero-order valence-corrected chi connectivity index (χ0v) is 9.39. The summed E-state index contributed by atoms with van der Waals surface area (Å²) in [5, 5.41) is 8.23. The smallest absolute Gasteiger partial charge is 0.192 e. The number of benzene rings is 1. The van der Waals surface area contributed by atoms with Crippen molar-refractivity contribution in [3.63, 3.8) is 0 Å². The van der Waals surface area contributed by atoms with E-state index in [0.717, 1.165) is 4.90 Å². The Morgan fingerprint density at radius 3 is 2.65 bits per heavy atom. The van der Waals surface area contributed by atoms with Crippen molar-refractivity contribution >= 4 is 28.5 Å². The van der Waals surface area contributed by atoms with E-state index in [4.69, 9.17) is 5.73 Å². The average Bonchev–Trinajstić information content (AvgIpc) is 2.84. The van der Waals surface area contributed by atoms with Crippen LogP contribution in [0.2, 0.25) is 0 Å². The highest BCUT2D eigenvalue weighted by atomic mass is 32.2. The minimum atomic E-state index is 0.541. The van der Waals surface area contributed by atoms with Gasteiger partial charge in [0.2, 0.25) is 0 Å². The zero-order valence-electron chi connectivity index (χ0n) is 8.57. The van der Waals surface area contributed by atoms with Crippen LogP contribution in [0.3, 0.4) is 0 Å². The fraction of sp³-hybridized carbons (Fsp3) is 0. The summed E-state index contributed by atoms with van der Waals surface area (Å²) in [5.74, 6) is 0. The van der Waals surface area contributed by atoms with Gasteiger partial charge in [-0.15, -0.1) is 0 Å². The first-order valence-electron chi connectivity index (χ1n) is 4.80. The van der Waals surface area contributed by atoms with Crippen LogP contribution >= 0.6 is 11.8 Å². The van der Waals surface area contributed by atoms with E-state index in [1.54, 1.807) is 24.5 Å². The Morgan fingerprint density at radius 1 is 1.06 bits per heavy atom. The molecule has 17 heavy (non-hydrogen) atoms. The molecular weight excluding hydrogens is 238 g/mol. The molecular formula is C10H7N5OS. The Bertz CT molecular complexity index is 654. The molecule has 2 aromatic heterocycles. The summed E-state index contributed by atoms with van der Waals surface area (Å²) in [5.41, 5.74) is 7.49. The second-order valence-electron chi connectivity index (χ2n) is 3.25. The van der Waals surface area contributed by atoms with E-state index in [1.807, 2.05) is 6.07 Å². The molecule has 0 atom stereocenters. The van der Waals surface area contributed by atoms with Gasteiger partial charge in [0.15, 0.2) is 16.2 Å². The van der Waals surface area contributed by atoms with Gasteiger partial charge in [0, 0.05) is 17.3 Å². The van der Waals surface area contributed by atoms with E-state index in [9.17, 15) is 0 Å². The van der Waals surface area contributed by atoms with Gasteiger partial charge in [0.25, 0.3) is 0 Å². The van der Waals surface area contributed by atoms with Crippen molar-refractivity contribution in [2.75, 3.05) is 5.73 Å². The summed E-state index contributed by atoms with van der Waals surface area (Å²) in [4.78, 5) is 9.12. The van der Waals surface area contributed by atoms with Crippen molar-refractivity contribution < 1.29 is 4.63 Å². The van der Waals surface area contributed by atoms with E-state index in [-0.39, 0.29) is 0 Å². The number of fused-ring (bicyclic) bond motifs is 1. The van der Waals surface area contributed by atoms with Crippen LogP contribution in [0.25, 0.3) is 11.0 Å². The van der Waals surface area contributed by atoms with Gasteiger partial charge in [-0.2, -0.15) is 0 Å². The van der Waals surface area contributed by atoms with Gasteiger partial charge in [0.1, 0.15) is 0 Å². The van der Waals surface area contributed by atoms with Crippen molar-refractivity contribution in [2.45, 2.75) is 10.1 Å². The summed E-state index contributed by atoms with van der Waals surface area (Å²) >= 11 is 1.39. The molecule has 84 valence electrons. The molecule has 0 amide bonds. The van der Waals surface area contributed by atoms with Crippen molar-refractivity contribution in [3.05, 3.63) is 30.6 Å². The first kappa shape index (κ1) is 10.0. The second-order valence-corrected chi connectivity index (χ2v) is 4.26. The van der Waals surface area contributed by atoms with Gasteiger partial charge in [-0.05, 0) is 40.3 Å². The molecule has 0 unspecified atom stereocenters. The molecule has 0 aliphatic carbocycles. The largest absolute Gasteiger partial charge is 0.397 e. The second kappa shape index (κ2) is 4.02. The molecule has 0 saturated heterocycles. The van der Waals surface area contributed by atoms with Gasteiger partial charge in [-0.3, -0.25) is 0 Å². The number of hydrogen-bond acceptors (Lipinski definition) is 7. The maximum Gasteiger partial charge on any atom is 0.192 e. The highest BCUT2D eigenvalue weighted by Crippen LogP contribution is 2.32. The van der Waals surface area contributed by atoms with E-state index in [0.29, 0.717) is 21.9 Å². The third-order valence-electron chi connectivity index (χ3n) is 2.15. The van der Waals surface area contributed by atoms with Crippen LogP contribution in [-0.4, -0.2) is 20.3 Å². The van der Waals surface area contributed by atoms with E-state index in [1.165, 1.54) is 11.8 Å². The number of nitrogen functional groups attached to an aromatic ring is 1. The van der Waals surface area contributed by atoms with Crippen LogP contribution in [-0.2, 0) is 0 Å². The van der Waals surface area contributed by atoms with Crippen LogP contribution in [0.15, 0.2) is 45.3 Å². The van der Waals surface area contributed by atoms with Crippen molar-refractivity contribution in [1.82, 2.24) is 20.3 Å². The van der Waals surface area contributed by atoms with Gasteiger partial charge >= 0.3 is 0 Å². The summed E-state index contributed by atoms with van der Waals surface area (Å²) in [6.45, 7) is 0. The molecule has 0 bridgehead atoms. The molecule has 2 N–H and O–H groups in total. The van der Waals surface area contributed by atoms with Crippen LogP contribution in [0.5, 0.6) is 0 Å². The van der Waals surface area contributed by atoms with Crippen LogP contribution in [0, 0.1) is 0 Å². The molecule has 1 aromatic carbocycles. The maximum absolute atomic E-state index is 5.76. The predicted octanol–water partition coefficient (Wildman–Crippen LogP) is 1.75. The van der Waals surface area contributed by atoms with Gasteiger partial charge in [-0.25, -0.2) is 14.6 Å². The fourth-order valence-corrected chi connectivity index (χ4v) is 2.17. The molecule has 0 aliphatic heterocycles. The molecule has 2 heterocycles. The number of nitrogens with two attached hydrogens (primary N) is 1. The van der Waals surface area contributed by atoms with E-state index in [2.05, 4.69) is 24.9 Å². The molecule has 6 nitrogen and oxygen atoms in total. The molecule has 0 radical (unpaired) electrons. The minimum absolute atomic E-state index is 0.541.